The number of benzene rings is 2. The summed E-state index contributed by atoms with van der Waals surface area (Å²) in [4.78, 5) is 13.5. The molecule has 0 heterocycles. The quantitative estimate of drug-likeness (QED) is 0.912. The number of rotatable bonds is 5. The van der Waals surface area contributed by atoms with E-state index in [1.807, 2.05) is 18.2 Å². The summed E-state index contributed by atoms with van der Waals surface area (Å²) in [5.41, 5.74) is 1.09. The molecule has 0 aromatic heterocycles. The van der Waals surface area contributed by atoms with Crippen LogP contribution in [0.2, 0.25) is 0 Å². The van der Waals surface area contributed by atoms with Crippen LogP contribution in [-0.4, -0.2) is 25.9 Å². The van der Waals surface area contributed by atoms with Gasteiger partial charge in [0.15, 0.2) is 0 Å². The van der Waals surface area contributed by atoms with Crippen molar-refractivity contribution in [1.29, 1.82) is 0 Å². The van der Waals surface area contributed by atoms with Crippen LogP contribution >= 0.6 is 0 Å². The van der Waals surface area contributed by atoms with E-state index in [9.17, 15) is 18.0 Å². The molecular formula is C16H15F3N2O2. The lowest BCUT2D eigenvalue weighted by Crippen LogP contribution is -2.32. The Morgan fingerprint density at radius 2 is 1.83 bits per heavy atom. The van der Waals surface area contributed by atoms with Gasteiger partial charge in [0.25, 0.3) is 0 Å². The number of amides is 1. The number of anilines is 2. The molecule has 2 aromatic rings. The summed E-state index contributed by atoms with van der Waals surface area (Å²) in [6.45, 7) is -0.0547. The van der Waals surface area contributed by atoms with Crippen molar-refractivity contribution in [3.8, 4) is 5.75 Å². The number of nitrogens with zero attached hydrogens (tertiary/aromatic N) is 1. The molecule has 23 heavy (non-hydrogen) atoms. The van der Waals surface area contributed by atoms with E-state index in [2.05, 4.69) is 10.1 Å². The van der Waals surface area contributed by atoms with Gasteiger partial charge in [-0.3, -0.25) is 4.79 Å². The SMILES string of the molecule is CN(C(=O)CNc1cccc(OC(F)(F)F)c1)c1ccccc1. The lowest BCUT2D eigenvalue weighted by Gasteiger charge is -2.18. The average molecular weight is 324 g/mol. The van der Waals surface area contributed by atoms with Crippen molar-refractivity contribution in [2.45, 2.75) is 6.36 Å². The van der Waals surface area contributed by atoms with Gasteiger partial charge in [-0.2, -0.15) is 0 Å². The summed E-state index contributed by atoms with van der Waals surface area (Å²) < 4.78 is 40.4. The first kappa shape index (κ1) is 16.7. The topological polar surface area (TPSA) is 41.6 Å². The van der Waals surface area contributed by atoms with Crippen molar-refractivity contribution >= 4 is 17.3 Å². The van der Waals surface area contributed by atoms with Crippen LogP contribution in [-0.2, 0) is 4.79 Å². The smallest absolute Gasteiger partial charge is 0.406 e. The summed E-state index contributed by atoms with van der Waals surface area (Å²) in [6.07, 6.45) is -4.75. The number of halogens is 3. The van der Waals surface area contributed by atoms with Gasteiger partial charge in [0, 0.05) is 24.5 Å². The molecule has 0 aliphatic rings. The van der Waals surface area contributed by atoms with Crippen LogP contribution in [0.3, 0.4) is 0 Å². The standard InChI is InChI=1S/C16H15F3N2O2/c1-21(13-7-3-2-4-8-13)15(22)11-20-12-6-5-9-14(10-12)23-16(17,18)19/h2-10,20H,11H2,1H3. The maximum atomic E-state index is 12.2. The molecule has 0 unspecified atom stereocenters. The predicted molar refractivity (Wildman–Crippen MR) is 81.5 cm³/mol. The number of ether oxygens (including phenoxy) is 1. The maximum absolute atomic E-state index is 12.2. The van der Waals surface area contributed by atoms with Crippen LogP contribution in [0.5, 0.6) is 5.75 Å². The van der Waals surface area contributed by atoms with Gasteiger partial charge in [-0.15, -0.1) is 13.2 Å². The highest BCUT2D eigenvalue weighted by molar-refractivity contribution is 5.95. The summed E-state index contributed by atoms with van der Waals surface area (Å²) in [5, 5.41) is 2.78. The first-order valence-electron chi connectivity index (χ1n) is 6.76. The Hall–Kier alpha value is -2.70. The second-order valence-corrected chi connectivity index (χ2v) is 4.72. The molecule has 122 valence electrons. The van der Waals surface area contributed by atoms with E-state index in [0.717, 1.165) is 5.69 Å². The van der Waals surface area contributed by atoms with Crippen LogP contribution in [0.1, 0.15) is 0 Å². The zero-order valence-corrected chi connectivity index (χ0v) is 12.3. The van der Waals surface area contributed by atoms with Gasteiger partial charge in [-0.25, -0.2) is 0 Å². The molecule has 7 heteroatoms. The van der Waals surface area contributed by atoms with Crippen LogP contribution in [0, 0.1) is 0 Å². The zero-order chi connectivity index (χ0) is 16.9. The number of carbonyl (C=O) groups is 1. The maximum Gasteiger partial charge on any atom is 0.573 e. The molecule has 0 radical (unpaired) electrons. The fraction of sp³-hybridized carbons (Fsp3) is 0.188. The Kier molecular flexibility index (Phi) is 5.10. The number of carbonyl (C=O) groups excluding carboxylic acids is 1. The van der Waals surface area contributed by atoms with Crippen LogP contribution in [0.25, 0.3) is 0 Å². The normalized spacial score (nSPS) is 11.0. The van der Waals surface area contributed by atoms with E-state index in [4.69, 9.17) is 0 Å². The van der Waals surface area contributed by atoms with Crippen molar-refractivity contribution in [3.05, 3.63) is 54.6 Å². The Morgan fingerprint density at radius 3 is 2.48 bits per heavy atom. The third-order valence-corrected chi connectivity index (χ3v) is 3.03. The van der Waals surface area contributed by atoms with Gasteiger partial charge in [0.1, 0.15) is 5.75 Å². The lowest BCUT2D eigenvalue weighted by molar-refractivity contribution is -0.274. The van der Waals surface area contributed by atoms with Crippen molar-refractivity contribution in [3.63, 3.8) is 0 Å². The van der Waals surface area contributed by atoms with Gasteiger partial charge in [0.2, 0.25) is 5.91 Å². The fourth-order valence-electron chi connectivity index (χ4n) is 1.90. The molecule has 0 aliphatic heterocycles. The third kappa shape index (κ3) is 5.21. The fourth-order valence-corrected chi connectivity index (χ4v) is 1.90. The predicted octanol–water partition coefficient (Wildman–Crippen LogP) is 3.66. The van der Waals surface area contributed by atoms with Gasteiger partial charge in [-0.05, 0) is 24.3 Å². The van der Waals surface area contributed by atoms with E-state index < -0.39 is 6.36 Å². The molecule has 0 spiro atoms. The van der Waals surface area contributed by atoms with Crippen molar-refractivity contribution in [1.82, 2.24) is 0 Å². The molecule has 1 amide bonds. The monoisotopic (exact) mass is 324 g/mol. The molecular weight excluding hydrogens is 309 g/mol. The van der Waals surface area contributed by atoms with Crippen LogP contribution in [0.15, 0.2) is 54.6 Å². The number of nitrogens with one attached hydrogen (secondary N) is 1. The second-order valence-electron chi connectivity index (χ2n) is 4.72. The first-order valence-corrected chi connectivity index (χ1v) is 6.76. The summed E-state index contributed by atoms with van der Waals surface area (Å²) in [6, 6.07) is 14.4. The molecule has 0 atom stereocenters. The Morgan fingerprint density at radius 1 is 1.13 bits per heavy atom. The lowest BCUT2D eigenvalue weighted by atomic mass is 10.3. The highest BCUT2D eigenvalue weighted by Gasteiger charge is 2.31. The van der Waals surface area contributed by atoms with Gasteiger partial charge in [0.05, 0.1) is 6.54 Å². The molecule has 0 bridgehead atoms. The van der Waals surface area contributed by atoms with Gasteiger partial charge in [-0.1, -0.05) is 24.3 Å². The third-order valence-electron chi connectivity index (χ3n) is 3.03. The van der Waals surface area contributed by atoms with E-state index in [1.165, 1.54) is 23.1 Å². The van der Waals surface area contributed by atoms with E-state index in [0.29, 0.717) is 5.69 Å². The molecule has 2 aromatic carbocycles. The van der Waals surface area contributed by atoms with E-state index >= 15 is 0 Å². The van der Waals surface area contributed by atoms with Gasteiger partial charge < -0.3 is 15.0 Å². The summed E-state index contributed by atoms with van der Waals surface area (Å²) in [5.74, 6) is -0.565. The highest BCUT2D eigenvalue weighted by Crippen LogP contribution is 2.25. The van der Waals surface area contributed by atoms with Crippen molar-refractivity contribution in [2.75, 3.05) is 23.8 Å². The average Bonchev–Trinajstić information content (AvgIpc) is 2.51. The number of alkyl halides is 3. The largest absolute Gasteiger partial charge is 0.573 e. The van der Waals surface area contributed by atoms with E-state index in [1.54, 1.807) is 25.2 Å². The molecule has 0 fully saturated rings. The molecule has 0 saturated carbocycles. The molecule has 1 N–H and O–H groups in total. The molecule has 4 nitrogen and oxygen atoms in total. The summed E-state index contributed by atoms with van der Waals surface area (Å²) in [7, 11) is 1.63. The molecule has 0 aliphatic carbocycles. The number of likely N-dealkylation sites (N-methyl/N-ethyl adjacent to an activating group) is 1. The number of hydrogen-bond donors (Lipinski definition) is 1. The Bertz CT molecular complexity index is 660. The van der Waals surface area contributed by atoms with E-state index in [-0.39, 0.29) is 18.2 Å². The first-order chi connectivity index (χ1) is 10.8. The van der Waals surface area contributed by atoms with Gasteiger partial charge >= 0.3 is 6.36 Å². The van der Waals surface area contributed by atoms with Crippen LogP contribution < -0.4 is 15.0 Å². The molecule has 2 rings (SSSR count). The van der Waals surface area contributed by atoms with Crippen molar-refractivity contribution in [2.24, 2.45) is 0 Å². The minimum atomic E-state index is -4.75. The summed E-state index contributed by atoms with van der Waals surface area (Å²) >= 11 is 0. The zero-order valence-electron chi connectivity index (χ0n) is 12.3. The minimum absolute atomic E-state index is 0.0547. The Balaban J connectivity index is 1.95. The number of para-hydroxylation sites is 1. The Labute approximate surface area is 131 Å². The minimum Gasteiger partial charge on any atom is -0.406 e. The second kappa shape index (κ2) is 7.04. The number of hydrogen-bond acceptors (Lipinski definition) is 3. The van der Waals surface area contributed by atoms with Crippen LogP contribution in [0.4, 0.5) is 24.5 Å². The van der Waals surface area contributed by atoms with Crippen molar-refractivity contribution < 1.29 is 22.7 Å². The highest BCUT2D eigenvalue weighted by atomic mass is 19.4. The molecule has 0 saturated heterocycles.